The molecule has 1 aromatic rings. The number of esters is 1. The minimum absolute atomic E-state index is 0.0636. The molecule has 5 nitrogen and oxygen atoms in total. The van der Waals surface area contributed by atoms with Gasteiger partial charge in [0, 0.05) is 18.3 Å². The molecule has 1 saturated carbocycles. The van der Waals surface area contributed by atoms with E-state index in [9.17, 15) is 14.4 Å². The van der Waals surface area contributed by atoms with Crippen molar-refractivity contribution in [3.05, 3.63) is 21.9 Å². The van der Waals surface area contributed by atoms with Crippen molar-refractivity contribution in [2.45, 2.75) is 59.8 Å². The Kier molecular flexibility index (Phi) is 7.59. The molecule has 27 heavy (non-hydrogen) atoms. The first-order chi connectivity index (χ1) is 12.7. The number of hydrogen-bond donors (Lipinski definition) is 1. The van der Waals surface area contributed by atoms with Crippen LogP contribution >= 0.6 is 11.3 Å². The molecule has 0 aliphatic heterocycles. The van der Waals surface area contributed by atoms with E-state index in [1.165, 1.54) is 18.3 Å². The van der Waals surface area contributed by atoms with Gasteiger partial charge in [0.05, 0.1) is 10.8 Å². The zero-order chi connectivity index (χ0) is 20.0. The molecule has 2 rings (SSSR count). The second-order valence-corrected chi connectivity index (χ2v) is 9.61. The predicted molar refractivity (Wildman–Crippen MR) is 107 cm³/mol. The highest BCUT2D eigenvalue weighted by atomic mass is 32.1. The molecule has 150 valence electrons. The van der Waals surface area contributed by atoms with Crippen LogP contribution in [0.5, 0.6) is 0 Å². The van der Waals surface area contributed by atoms with Gasteiger partial charge in [0.2, 0.25) is 11.7 Å². The van der Waals surface area contributed by atoms with Crippen molar-refractivity contribution in [2.75, 3.05) is 13.2 Å². The van der Waals surface area contributed by atoms with Gasteiger partial charge < -0.3 is 10.1 Å². The number of nitrogens with one attached hydrogen (secondary N) is 1. The van der Waals surface area contributed by atoms with Crippen molar-refractivity contribution in [1.82, 2.24) is 5.32 Å². The number of ketones is 1. The smallest absolute Gasteiger partial charge is 0.309 e. The largest absolute Gasteiger partial charge is 0.457 e. The standard InChI is InChI=1S/C21H31NO4S/c1-14(23)22-12-11-17-9-10-19(27-17)18(24)13-26-20(25)15-5-7-16(8-6-15)21(2,3)4/h9-10,15-16H,5-8,11-13H2,1-4H3,(H,22,23). The van der Waals surface area contributed by atoms with Crippen LogP contribution < -0.4 is 5.32 Å². The van der Waals surface area contributed by atoms with E-state index in [1.807, 2.05) is 6.07 Å². The maximum atomic E-state index is 12.3. The number of ether oxygens (including phenoxy) is 1. The Balaban J connectivity index is 1.75. The Morgan fingerprint density at radius 3 is 2.41 bits per heavy atom. The molecule has 6 heteroatoms. The summed E-state index contributed by atoms with van der Waals surface area (Å²) in [6, 6.07) is 3.65. The molecular weight excluding hydrogens is 362 g/mol. The van der Waals surface area contributed by atoms with Crippen LogP contribution in [0.3, 0.4) is 0 Å². The summed E-state index contributed by atoms with van der Waals surface area (Å²) in [4.78, 5) is 37.1. The van der Waals surface area contributed by atoms with E-state index >= 15 is 0 Å². The molecule has 0 aromatic carbocycles. The normalized spacial score (nSPS) is 20.1. The molecule has 1 aliphatic rings. The van der Waals surface area contributed by atoms with Crippen molar-refractivity contribution >= 4 is 29.0 Å². The third-order valence-corrected chi connectivity index (χ3v) is 6.50. The van der Waals surface area contributed by atoms with Gasteiger partial charge >= 0.3 is 5.97 Å². The van der Waals surface area contributed by atoms with Gasteiger partial charge in [-0.15, -0.1) is 11.3 Å². The average molecular weight is 394 g/mol. The van der Waals surface area contributed by atoms with Crippen molar-refractivity contribution in [1.29, 1.82) is 0 Å². The summed E-state index contributed by atoms with van der Waals surface area (Å²) in [7, 11) is 0. The number of carbonyl (C=O) groups excluding carboxylic acids is 3. The summed E-state index contributed by atoms with van der Waals surface area (Å²) in [6.45, 7) is 8.59. The summed E-state index contributed by atoms with van der Waals surface area (Å²) in [5, 5.41) is 2.73. The van der Waals surface area contributed by atoms with Crippen molar-refractivity contribution in [3.63, 3.8) is 0 Å². The molecule has 0 bridgehead atoms. The highest BCUT2D eigenvalue weighted by Gasteiger charge is 2.33. The molecule has 1 fully saturated rings. The lowest BCUT2D eigenvalue weighted by Crippen LogP contribution is -2.30. The zero-order valence-electron chi connectivity index (χ0n) is 16.8. The number of hydrogen-bond acceptors (Lipinski definition) is 5. The Morgan fingerprint density at radius 1 is 1.15 bits per heavy atom. The van der Waals surface area contributed by atoms with E-state index in [4.69, 9.17) is 4.74 Å². The lowest BCUT2D eigenvalue weighted by atomic mass is 9.70. The van der Waals surface area contributed by atoms with Crippen LogP contribution in [0.2, 0.25) is 0 Å². The van der Waals surface area contributed by atoms with Crippen LogP contribution in [0.15, 0.2) is 12.1 Å². The third kappa shape index (κ3) is 6.76. The minimum Gasteiger partial charge on any atom is -0.457 e. The highest BCUT2D eigenvalue weighted by Crippen LogP contribution is 2.40. The molecular formula is C21H31NO4S. The maximum Gasteiger partial charge on any atom is 0.309 e. The molecule has 1 aliphatic carbocycles. The molecule has 1 aromatic heterocycles. The molecule has 0 atom stereocenters. The Labute approximate surface area is 165 Å². The van der Waals surface area contributed by atoms with Crippen molar-refractivity contribution in [2.24, 2.45) is 17.3 Å². The van der Waals surface area contributed by atoms with E-state index in [2.05, 4.69) is 26.1 Å². The van der Waals surface area contributed by atoms with Crippen LogP contribution in [0.4, 0.5) is 0 Å². The van der Waals surface area contributed by atoms with Crippen molar-refractivity contribution in [3.8, 4) is 0 Å². The molecule has 1 heterocycles. The Bertz CT molecular complexity index is 666. The van der Waals surface area contributed by atoms with Gasteiger partial charge in [0.15, 0.2) is 6.61 Å². The fraction of sp³-hybridized carbons (Fsp3) is 0.667. The van der Waals surface area contributed by atoms with Crippen LogP contribution in [0.25, 0.3) is 0 Å². The first-order valence-electron chi connectivity index (χ1n) is 9.70. The second-order valence-electron chi connectivity index (χ2n) is 8.44. The van der Waals surface area contributed by atoms with E-state index in [1.54, 1.807) is 6.07 Å². The van der Waals surface area contributed by atoms with Crippen molar-refractivity contribution < 1.29 is 19.1 Å². The fourth-order valence-electron chi connectivity index (χ4n) is 3.54. The highest BCUT2D eigenvalue weighted by molar-refractivity contribution is 7.14. The zero-order valence-corrected chi connectivity index (χ0v) is 17.6. The lowest BCUT2D eigenvalue weighted by molar-refractivity contribution is -0.149. The van der Waals surface area contributed by atoms with Gasteiger partial charge in [-0.05, 0) is 55.6 Å². The Morgan fingerprint density at radius 2 is 1.81 bits per heavy atom. The summed E-state index contributed by atoms with van der Waals surface area (Å²) in [5.74, 6) is 0.102. The van der Waals surface area contributed by atoms with Gasteiger partial charge in [-0.3, -0.25) is 14.4 Å². The van der Waals surface area contributed by atoms with E-state index < -0.39 is 0 Å². The van der Waals surface area contributed by atoms with Gasteiger partial charge in [-0.1, -0.05) is 20.8 Å². The molecule has 0 unspecified atom stereocenters. The second kappa shape index (κ2) is 9.49. The number of Topliss-reactive ketones (excluding diaryl/α,β-unsaturated/α-hetero) is 1. The van der Waals surface area contributed by atoms with Gasteiger partial charge in [-0.2, -0.15) is 0 Å². The molecule has 0 saturated heterocycles. The lowest BCUT2D eigenvalue weighted by Gasteiger charge is -2.36. The number of thiophene rings is 1. The molecule has 1 amide bonds. The Hall–Kier alpha value is -1.69. The minimum atomic E-state index is -0.238. The third-order valence-electron chi connectivity index (χ3n) is 5.31. The first-order valence-corrected chi connectivity index (χ1v) is 10.5. The quantitative estimate of drug-likeness (QED) is 0.561. The summed E-state index contributed by atoms with van der Waals surface area (Å²) >= 11 is 1.39. The first kappa shape index (κ1) is 21.6. The van der Waals surface area contributed by atoms with Crippen LogP contribution in [-0.4, -0.2) is 30.8 Å². The molecule has 0 radical (unpaired) electrons. The fourth-order valence-corrected chi connectivity index (χ4v) is 4.48. The van der Waals surface area contributed by atoms with Gasteiger partial charge in [0.1, 0.15) is 0 Å². The summed E-state index contributed by atoms with van der Waals surface area (Å²) < 4.78 is 5.30. The monoisotopic (exact) mass is 393 g/mol. The maximum absolute atomic E-state index is 12.3. The molecule has 0 spiro atoms. The van der Waals surface area contributed by atoms with Gasteiger partial charge in [0.25, 0.3) is 0 Å². The van der Waals surface area contributed by atoms with E-state index in [0.29, 0.717) is 23.8 Å². The SMILES string of the molecule is CC(=O)NCCc1ccc(C(=O)COC(=O)C2CCC(C(C)(C)C)CC2)s1. The van der Waals surface area contributed by atoms with Crippen LogP contribution in [0, 0.1) is 17.3 Å². The van der Waals surface area contributed by atoms with Crippen LogP contribution in [-0.2, 0) is 20.7 Å². The van der Waals surface area contributed by atoms with E-state index in [0.717, 1.165) is 30.6 Å². The van der Waals surface area contributed by atoms with E-state index in [-0.39, 0.29) is 35.6 Å². The number of rotatable bonds is 7. The van der Waals surface area contributed by atoms with Gasteiger partial charge in [-0.25, -0.2) is 0 Å². The average Bonchev–Trinajstić information content (AvgIpc) is 3.07. The molecule has 1 N–H and O–H groups in total. The summed E-state index contributed by atoms with van der Waals surface area (Å²) in [6.07, 6.45) is 4.47. The number of carbonyl (C=O) groups is 3. The van der Waals surface area contributed by atoms with Crippen LogP contribution in [0.1, 0.15) is 67.9 Å². The topological polar surface area (TPSA) is 72.5 Å². The predicted octanol–water partition coefficient (Wildman–Crippen LogP) is 4.01. The summed E-state index contributed by atoms with van der Waals surface area (Å²) in [5.41, 5.74) is 0.279. The number of amides is 1.